The minimum Gasteiger partial charge on any atom is -0.466 e. The van der Waals surface area contributed by atoms with E-state index in [2.05, 4.69) is 0 Å². The lowest BCUT2D eigenvalue weighted by Gasteiger charge is -2.32. The Bertz CT molecular complexity index is 936. The van der Waals surface area contributed by atoms with E-state index in [0.717, 1.165) is 12.1 Å². The van der Waals surface area contributed by atoms with Crippen LogP contribution in [0.3, 0.4) is 0 Å². The highest BCUT2D eigenvalue weighted by Crippen LogP contribution is 2.38. The van der Waals surface area contributed by atoms with Crippen LogP contribution in [0, 0.1) is 0 Å². The number of ether oxygens (including phenoxy) is 1. The molecular weight excluding hydrogens is 408 g/mol. The average molecular weight is 434 g/mol. The third-order valence-electron chi connectivity index (χ3n) is 5.80. The van der Waals surface area contributed by atoms with Gasteiger partial charge in [0, 0.05) is 0 Å². The van der Waals surface area contributed by atoms with Crippen LogP contribution in [0.25, 0.3) is 11.1 Å². The summed E-state index contributed by atoms with van der Waals surface area (Å²) in [7, 11) is -0.695. The van der Waals surface area contributed by atoms with Crippen LogP contribution in [0.4, 0.5) is 13.2 Å². The third-order valence-corrected chi connectivity index (χ3v) is 5.80. The number of hydrogen-bond donors (Lipinski definition) is 0. The molecule has 0 atom stereocenters. The molecule has 1 aliphatic rings. The summed E-state index contributed by atoms with van der Waals surface area (Å²) in [6.45, 7) is 9.73. The van der Waals surface area contributed by atoms with Gasteiger partial charge in [-0.25, -0.2) is 0 Å². The molecule has 31 heavy (non-hydrogen) atoms. The summed E-state index contributed by atoms with van der Waals surface area (Å²) in [4.78, 5) is 11.9. The molecule has 0 unspecified atom stereocenters. The second-order valence-electron chi connectivity index (χ2n) is 8.57. The fourth-order valence-corrected chi connectivity index (χ4v) is 3.36. The van der Waals surface area contributed by atoms with Crippen LogP contribution in [-0.4, -0.2) is 30.9 Å². The first-order valence-corrected chi connectivity index (χ1v) is 10.2. The van der Waals surface area contributed by atoms with E-state index in [1.807, 2.05) is 27.7 Å². The van der Waals surface area contributed by atoms with Crippen molar-refractivity contribution >= 4 is 18.6 Å². The number of esters is 1. The third kappa shape index (κ3) is 4.96. The fourth-order valence-electron chi connectivity index (χ4n) is 3.36. The van der Waals surface area contributed by atoms with E-state index in [0.29, 0.717) is 22.2 Å². The summed E-state index contributed by atoms with van der Waals surface area (Å²) in [5.41, 5.74) is 0.727. The van der Waals surface area contributed by atoms with Crippen molar-refractivity contribution in [3.05, 3.63) is 53.6 Å². The van der Waals surface area contributed by atoms with Crippen molar-refractivity contribution in [2.24, 2.45) is 0 Å². The van der Waals surface area contributed by atoms with Crippen LogP contribution in [0.1, 0.15) is 45.7 Å². The highest BCUT2D eigenvalue weighted by molar-refractivity contribution is 6.63. The summed E-state index contributed by atoms with van der Waals surface area (Å²) < 4.78 is 56.3. The standard InChI is InChI=1S/C23H26BF3O4/c1-6-29-20(28)14-15-7-12-19(24-30-21(2,3)22(4,5)31-24)18(13-15)16-8-10-17(11-9-16)23(25,26)27/h7-13H,6,14H2,1-5H3. The van der Waals surface area contributed by atoms with Crippen molar-refractivity contribution in [1.29, 1.82) is 0 Å². The first kappa shape index (κ1) is 23.4. The van der Waals surface area contributed by atoms with Crippen molar-refractivity contribution in [1.82, 2.24) is 0 Å². The van der Waals surface area contributed by atoms with E-state index in [4.69, 9.17) is 14.0 Å². The van der Waals surface area contributed by atoms with Gasteiger partial charge in [-0.2, -0.15) is 13.2 Å². The topological polar surface area (TPSA) is 44.8 Å². The Balaban J connectivity index is 2.04. The minimum atomic E-state index is -4.42. The molecular formula is C23H26BF3O4. The predicted molar refractivity (Wildman–Crippen MR) is 113 cm³/mol. The number of hydrogen-bond acceptors (Lipinski definition) is 4. The van der Waals surface area contributed by atoms with Crippen LogP contribution in [0.15, 0.2) is 42.5 Å². The van der Waals surface area contributed by atoms with E-state index in [9.17, 15) is 18.0 Å². The van der Waals surface area contributed by atoms with Crippen molar-refractivity contribution in [3.63, 3.8) is 0 Å². The van der Waals surface area contributed by atoms with Crippen LogP contribution in [0.5, 0.6) is 0 Å². The quantitative estimate of drug-likeness (QED) is 0.502. The summed E-state index contributed by atoms with van der Waals surface area (Å²) >= 11 is 0. The van der Waals surface area contributed by atoms with Crippen molar-refractivity contribution < 1.29 is 32.0 Å². The molecule has 0 radical (unpaired) electrons. The molecule has 0 saturated carbocycles. The van der Waals surface area contributed by atoms with Gasteiger partial charge in [-0.05, 0) is 68.9 Å². The van der Waals surface area contributed by atoms with E-state index in [1.54, 1.807) is 25.1 Å². The van der Waals surface area contributed by atoms with Crippen LogP contribution in [-0.2, 0) is 31.4 Å². The van der Waals surface area contributed by atoms with Gasteiger partial charge >= 0.3 is 19.3 Å². The normalized spacial score (nSPS) is 17.6. The molecule has 0 spiro atoms. The van der Waals surface area contributed by atoms with Crippen LogP contribution < -0.4 is 5.46 Å². The molecule has 1 saturated heterocycles. The van der Waals surface area contributed by atoms with E-state index < -0.39 is 30.1 Å². The zero-order valence-corrected chi connectivity index (χ0v) is 18.3. The molecule has 1 aliphatic heterocycles. The lowest BCUT2D eigenvalue weighted by Crippen LogP contribution is -2.41. The second-order valence-corrected chi connectivity index (χ2v) is 8.57. The number of alkyl halides is 3. The molecule has 0 N–H and O–H groups in total. The zero-order chi connectivity index (χ0) is 23.0. The maximum Gasteiger partial charge on any atom is 0.495 e. The Labute approximate surface area is 180 Å². The number of rotatable bonds is 5. The lowest BCUT2D eigenvalue weighted by atomic mass is 9.73. The zero-order valence-electron chi connectivity index (χ0n) is 18.3. The molecule has 1 fully saturated rings. The largest absolute Gasteiger partial charge is 0.495 e. The van der Waals surface area contributed by atoms with E-state index in [-0.39, 0.29) is 19.0 Å². The maximum atomic E-state index is 13.0. The first-order chi connectivity index (χ1) is 14.3. The van der Waals surface area contributed by atoms with E-state index >= 15 is 0 Å². The fraction of sp³-hybridized carbons (Fsp3) is 0.435. The Morgan fingerprint density at radius 1 is 1.00 bits per heavy atom. The first-order valence-electron chi connectivity index (χ1n) is 10.2. The smallest absolute Gasteiger partial charge is 0.466 e. The molecule has 3 rings (SSSR count). The Kier molecular flexibility index (Phi) is 6.26. The Morgan fingerprint density at radius 3 is 2.10 bits per heavy atom. The predicted octanol–water partition coefficient (Wildman–Crippen LogP) is 4.78. The SMILES string of the molecule is CCOC(=O)Cc1ccc(B2OC(C)(C)C(C)(C)O2)c(-c2ccc(C(F)(F)F)cc2)c1. The van der Waals surface area contributed by atoms with Gasteiger partial charge in [0.2, 0.25) is 0 Å². The summed E-state index contributed by atoms with van der Waals surface area (Å²) in [6, 6.07) is 10.3. The van der Waals surface area contributed by atoms with Gasteiger partial charge < -0.3 is 14.0 Å². The molecule has 2 aromatic rings. The molecule has 4 nitrogen and oxygen atoms in total. The summed E-state index contributed by atoms with van der Waals surface area (Å²) in [5.74, 6) is -0.371. The van der Waals surface area contributed by atoms with E-state index in [1.165, 1.54) is 12.1 Å². The monoisotopic (exact) mass is 434 g/mol. The van der Waals surface area contributed by atoms with Gasteiger partial charge in [-0.3, -0.25) is 4.79 Å². The average Bonchev–Trinajstić information content (AvgIpc) is 2.88. The Hall–Kier alpha value is -2.32. The minimum absolute atomic E-state index is 0.0606. The Morgan fingerprint density at radius 2 is 1.58 bits per heavy atom. The molecule has 0 aromatic heterocycles. The van der Waals surface area contributed by atoms with Gasteiger partial charge in [0.05, 0.1) is 29.8 Å². The highest BCUT2D eigenvalue weighted by Gasteiger charge is 2.52. The number of halogens is 3. The number of carbonyl (C=O) groups is 1. The van der Waals surface area contributed by atoms with Gasteiger partial charge in [-0.15, -0.1) is 0 Å². The molecule has 166 valence electrons. The number of carbonyl (C=O) groups excluding carboxylic acids is 1. The lowest BCUT2D eigenvalue weighted by molar-refractivity contribution is -0.142. The summed E-state index contributed by atoms with van der Waals surface area (Å²) in [5, 5.41) is 0. The molecule has 0 bridgehead atoms. The molecule has 0 aliphatic carbocycles. The summed E-state index contributed by atoms with van der Waals surface area (Å²) in [6.07, 6.45) is -4.36. The van der Waals surface area contributed by atoms with Gasteiger partial charge in [0.25, 0.3) is 0 Å². The van der Waals surface area contributed by atoms with Gasteiger partial charge in [-0.1, -0.05) is 30.3 Å². The molecule has 8 heteroatoms. The molecule has 0 amide bonds. The van der Waals surface area contributed by atoms with Crippen LogP contribution >= 0.6 is 0 Å². The van der Waals surface area contributed by atoms with Crippen molar-refractivity contribution in [3.8, 4) is 11.1 Å². The van der Waals surface area contributed by atoms with Gasteiger partial charge in [0.15, 0.2) is 0 Å². The molecule has 1 heterocycles. The van der Waals surface area contributed by atoms with Crippen LogP contribution in [0.2, 0.25) is 0 Å². The van der Waals surface area contributed by atoms with Crippen molar-refractivity contribution in [2.75, 3.05) is 6.61 Å². The molecule has 2 aromatic carbocycles. The maximum absolute atomic E-state index is 13.0. The highest BCUT2D eigenvalue weighted by atomic mass is 19.4. The number of benzene rings is 2. The van der Waals surface area contributed by atoms with Gasteiger partial charge in [0.1, 0.15) is 0 Å². The van der Waals surface area contributed by atoms with Crippen molar-refractivity contribution in [2.45, 2.75) is 58.4 Å². The second kappa shape index (κ2) is 8.32.